The lowest BCUT2D eigenvalue weighted by Gasteiger charge is -2.38. The molecule has 0 saturated carbocycles. The molecular formula is C46H42N2. The molecule has 9 rings (SSSR count). The van der Waals surface area contributed by atoms with Crippen LogP contribution in [0.3, 0.4) is 0 Å². The van der Waals surface area contributed by atoms with Gasteiger partial charge in [0, 0.05) is 33.3 Å². The second-order valence-electron chi connectivity index (χ2n) is 14.5. The van der Waals surface area contributed by atoms with Crippen molar-refractivity contribution in [2.24, 2.45) is 5.92 Å². The number of para-hydroxylation sites is 3. The number of rotatable bonds is 5. The van der Waals surface area contributed by atoms with Gasteiger partial charge in [0.25, 0.3) is 0 Å². The molecule has 2 nitrogen and oxygen atoms in total. The van der Waals surface area contributed by atoms with E-state index in [0.29, 0.717) is 5.92 Å². The average Bonchev–Trinajstić information content (AvgIpc) is 3.58. The van der Waals surface area contributed by atoms with Gasteiger partial charge < -0.3 is 9.47 Å². The van der Waals surface area contributed by atoms with Crippen molar-refractivity contribution < 1.29 is 0 Å². The quantitative estimate of drug-likeness (QED) is 0.189. The van der Waals surface area contributed by atoms with Crippen LogP contribution in [-0.2, 0) is 5.41 Å². The van der Waals surface area contributed by atoms with Crippen LogP contribution in [0.25, 0.3) is 33.1 Å². The van der Waals surface area contributed by atoms with Crippen LogP contribution in [-0.4, -0.2) is 10.6 Å². The minimum atomic E-state index is -0.109. The van der Waals surface area contributed by atoms with E-state index in [0.717, 1.165) is 25.7 Å². The number of hydrogen-bond donors (Lipinski definition) is 0. The van der Waals surface area contributed by atoms with E-state index in [1.807, 2.05) is 0 Å². The summed E-state index contributed by atoms with van der Waals surface area (Å²) < 4.78 is 2.45. The van der Waals surface area contributed by atoms with E-state index in [9.17, 15) is 0 Å². The molecule has 0 fully saturated rings. The Morgan fingerprint density at radius 2 is 1.52 bits per heavy atom. The first-order valence-corrected chi connectivity index (χ1v) is 17.6. The van der Waals surface area contributed by atoms with Crippen molar-refractivity contribution in [1.82, 2.24) is 4.57 Å². The molecule has 1 heterocycles. The topological polar surface area (TPSA) is 8.17 Å². The molecule has 0 bridgehead atoms. The zero-order valence-electron chi connectivity index (χ0n) is 28.0. The number of nitrogens with zero attached hydrogens (tertiary/aromatic N) is 2. The summed E-state index contributed by atoms with van der Waals surface area (Å²) in [5.41, 5.74) is 14.8. The minimum Gasteiger partial charge on any atom is -0.338 e. The van der Waals surface area contributed by atoms with Crippen LogP contribution in [0.5, 0.6) is 0 Å². The molecule has 0 N–H and O–H groups in total. The van der Waals surface area contributed by atoms with Gasteiger partial charge in [0.2, 0.25) is 0 Å². The summed E-state index contributed by atoms with van der Waals surface area (Å²) in [5, 5.41) is 2.60. The van der Waals surface area contributed by atoms with Crippen LogP contribution in [0.15, 0.2) is 163 Å². The Morgan fingerprint density at radius 1 is 0.792 bits per heavy atom. The van der Waals surface area contributed by atoms with Crippen molar-refractivity contribution >= 4 is 33.1 Å². The molecule has 4 aliphatic rings. The predicted octanol–water partition coefficient (Wildman–Crippen LogP) is 11.8. The lowest BCUT2D eigenvalue weighted by molar-refractivity contribution is 0.611. The van der Waals surface area contributed by atoms with E-state index in [1.54, 1.807) is 5.57 Å². The van der Waals surface area contributed by atoms with Gasteiger partial charge in [-0.1, -0.05) is 123 Å². The molecule has 0 saturated heterocycles. The van der Waals surface area contributed by atoms with Crippen LogP contribution >= 0.6 is 0 Å². The highest BCUT2D eigenvalue weighted by Gasteiger charge is 2.41. The maximum absolute atomic E-state index is 4.16. The monoisotopic (exact) mass is 622 g/mol. The van der Waals surface area contributed by atoms with E-state index >= 15 is 0 Å². The molecule has 4 aliphatic carbocycles. The molecule has 2 unspecified atom stereocenters. The first kappa shape index (κ1) is 29.1. The molecule has 2 atom stereocenters. The summed E-state index contributed by atoms with van der Waals surface area (Å²) in [4.78, 5) is 2.62. The fourth-order valence-corrected chi connectivity index (χ4v) is 8.84. The number of aromatic nitrogens is 1. The molecule has 0 spiro atoms. The number of fused-ring (bicyclic) bond motifs is 6. The molecule has 236 valence electrons. The second kappa shape index (κ2) is 11.3. The highest BCUT2D eigenvalue weighted by Crippen LogP contribution is 2.53. The molecule has 1 aromatic heterocycles. The van der Waals surface area contributed by atoms with Gasteiger partial charge in [0.15, 0.2) is 0 Å². The summed E-state index contributed by atoms with van der Waals surface area (Å²) in [7, 11) is 0. The maximum atomic E-state index is 4.16. The van der Waals surface area contributed by atoms with Crippen molar-refractivity contribution in [2.45, 2.75) is 57.4 Å². The van der Waals surface area contributed by atoms with E-state index in [4.69, 9.17) is 0 Å². The lowest BCUT2D eigenvalue weighted by atomic mass is 9.79. The summed E-state index contributed by atoms with van der Waals surface area (Å²) in [6, 6.07) is 36.1. The summed E-state index contributed by atoms with van der Waals surface area (Å²) >= 11 is 0. The van der Waals surface area contributed by atoms with Crippen molar-refractivity contribution in [1.29, 1.82) is 0 Å². The van der Waals surface area contributed by atoms with Gasteiger partial charge in [0.05, 0.1) is 17.1 Å². The van der Waals surface area contributed by atoms with Gasteiger partial charge in [0.1, 0.15) is 0 Å². The molecule has 5 aromatic rings. The molecule has 0 aliphatic heterocycles. The summed E-state index contributed by atoms with van der Waals surface area (Å²) in [6.07, 6.45) is 20.0. The van der Waals surface area contributed by atoms with Crippen LogP contribution in [0.4, 0.5) is 5.69 Å². The number of anilines is 1. The second-order valence-corrected chi connectivity index (χ2v) is 14.5. The van der Waals surface area contributed by atoms with Gasteiger partial charge in [-0.3, -0.25) is 0 Å². The fraction of sp³-hybridized carbons (Fsp3) is 0.217. The highest BCUT2D eigenvalue weighted by molar-refractivity contribution is 6.09. The first-order valence-electron chi connectivity index (χ1n) is 17.6. The zero-order chi connectivity index (χ0) is 32.4. The van der Waals surface area contributed by atoms with E-state index < -0.39 is 0 Å². The maximum Gasteiger partial charge on any atom is 0.0560 e. The van der Waals surface area contributed by atoms with Crippen LogP contribution in [0.1, 0.15) is 57.1 Å². The molecule has 0 radical (unpaired) electrons. The van der Waals surface area contributed by atoms with Gasteiger partial charge in [-0.05, 0) is 103 Å². The largest absolute Gasteiger partial charge is 0.338 e. The van der Waals surface area contributed by atoms with Gasteiger partial charge >= 0.3 is 0 Å². The Bertz CT molecular complexity index is 2210. The normalized spacial score (nSPS) is 21.3. The number of hydrogen-bond acceptors (Lipinski definition) is 1. The molecule has 0 amide bonds. The van der Waals surface area contributed by atoms with Crippen LogP contribution in [0.2, 0.25) is 0 Å². The molecule has 48 heavy (non-hydrogen) atoms. The van der Waals surface area contributed by atoms with Crippen LogP contribution in [0, 0.1) is 5.92 Å². The Kier molecular flexibility index (Phi) is 6.83. The van der Waals surface area contributed by atoms with Gasteiger partial charge in [-0.15, -0.1) is 0 Å². The Morgan fingerprint density at radius 3 is 2.21 bits per heavy atom. The van der Waals surface area contributed by atoms with Crippen molar-refractivity contribution in [3.05, 3.63) is 174 Å². The number of allylic oxidation sites excluding steroid dienone is 9. The van der Waals surface area contributed by atoms with Gasteiger partial charge in [-0.25, -0.2) is 0 Å². The third kappa shape index (κ3) is 4.61. The highest BCUT2D eigenvalue weighted by atomic mass is 15.2. The first-order chi connectivity index (χ1) is 23.5. The van der Waals surface area contributed by atoms with Gasteiger partial charge in [-0.2, -0.15) is 0 Å². The SMILES string of the molecule is C=C1C=CC(C2=CC=C(N(c3ccccc3)C3C=C4C(=CC3)c3ccc(-n5c6ccccc6c6ccccc65)cc3C4(C)C)CC2)CC1. The van der Waals surface area contributed by atoms with Crippen molar-refractivity contribution in [2.75, 3.05) is 4.90 Å². The Hall–Kier alpha value is -5.08. The third-order valence-corrected chi connectivity index (χ3v) is 11.3. The van der Waals surface area contributed by atoms with E-state index in [1.165, 1.54) is 73.1 Å². The van der Waals surface area contributed by atoms with Crippen molar-refractivity contribution in [3.63, 3.8) is 0 Å². The molecule has 2 heteroatoms. The van der Waals surface area contributed by atoms with Crippen LogP contribution < -0.4 is 4.90 Å². The molecule has 4 aromatic carbocycles. The average molecular weight is 623 g/mol. The number of benzene rings is 4. The van der Waals surface area contributed by atoms with E-state index in [-0.39, 0.29) is 11.5 Å². The van der Waals surface area contributed by atoms with E-state index in [2.05, 4.69) is 163 Å². The zero-order valence-corrected chi connectivity index (χ0v) is 28.0. The predicted molar refractivity (Wildman–Crippen MR) is 204 cm³/mol. The molecular weight excluding hydrogens is 581 g/mol. The standard InChI is InChI=1S/C46H42N2/c1-31-17-19-32(20-18-31)33-21-23-35(24-22-33)47(34-11-5-4-6-12-34)36-25-27-38-39-28-26-37(30-43(39)46(2,3)42(38)29-36)48-44-15-9-7-13-40(44)41-14-8-10-16-45(41)48/h4-17,19,21,23,26-30,32,36H,1,18,20,22,24-25H2,2-3H3. The Labute approximate surface area is 284 Å². The lowest BCUT2D eigenvalue weighted by Crippen LogP contribution is -2.36. The fourth-order valence-electron chi connectivity index (χ4n) is 8.84. The van der Waals surface area contributed by atoms with Crippen molar-refractivity contribution in [3.8, 4) is 5.69 Å². The minimum absolute atomic E-state index is 0.109. The summed E-state index contributed by atoms with van der Waals surface area (Å²) in [5.74, 6) is 0.547. The third-order valence-electron chi connectivity index (χ3n) is 11.3. The Balaban J connectivity index is 1.10. The summed E-state index contributed by atoms with van der Waals surface area (Å²) in [6.45, 7) is 9.00. The smallest absolute Gasteiger partial charge is 0.0560 e.